The minimum Gasteiger partial charge on any atom is -0.493 e. The number of rotatable bonds is 4. The summed E-state index contributed by atoms with van der Waals surface area (Å²) in [4.78, 5) is 0. The summed E-state index contributed by atoms with van der Waals surface area (Å²) >= 11 is 0. The lowest BCUT2D eigenvalue weighted by molar-refractivity contribution is 0.134. The van der Waals surface area contributed by atoms with E-state index in [1.165, 1.54) is 0 Å². The van der Waals surface area contributed by atoms with E-state index < -0.39 is 0 Å². The fraction of sp³-hybridized carbons (Fsp3) is 0.571. The molecule has 4 heteroatoms. The molecule has 100 valence electrons. The van der Waals surface area contributed by atoms with Gasteiger partial charge in [0, 0.05) is 6.04 Å². The molecule has 4 nitrogen and oxygen atoms in total. The van der Waals surface area contributed by atoms with Crippen molar-refractivity contribution in [2.45, 2.75) is 31.9 Å². The Morgan fingerprint density at radius 3 is 2.39 bits per heavy atom. The SMILES string of the molecule is COc1cccc(OC)c1OC1CCNC(C)C1. The molecule has 2 atom stereocenters. The minimum atomic E-state index is 0.214. The van der Waals surface area contributed by atoms with Crippen LogP contribution in [0.1, 0.15) is 19.8 Å². The van der Waals surface area contributed by atoms with Gasteiger partial charge < -0.3 is 19.5 Å². The first-order valence-corrected chi connectivity index (χ1v) is 6.35. The third-order valence-electron chi connectivity index (χ3n) is 3.24. The summed E-state index contributed by atoms with van der Waals surface area (Å²) in [5.41, 5.74) is 0. The molecule has 0 saturated carbocycles. The van der Waals surface area contributed by atoms with Gasteiger partial charge in [-0.25, -0.2) is 0 Å². The molecular formula is C14H21NO3. The van der Waals surface area contributed by atoms with Gasteiger partial charge in [0.05, 0.1) is 14.2 Å². The highest BCUT2D eigenvalue weighted by Crippen LogP contribution is 2.38. The zero-order valence-electron chi connectivity index (χ0n) is 11.2. The predicted molar refractivity (Wildman–Crippen MR) is 70.7 cm³/mol. The van der Waals surface area contributed by atoms with Crippen molar-refractivity contribution >= 4 is 0 Å². The lowest BCUT2D eigenvalue weighted by Gasteiger charge is -2.29. The minimum absolute atomic E-state index is 0.214. The van der Waals surface area contributed by atoms with Gasteiger partial charge in [-0.1, -0.05) is 6.07 Å². The Bertz CT molecular complexity index is 372. The first kappa shape index (κ1) is 13.0. The molecule has 0 aliphatic carbocycles. The van der Waals surface area contributed by atoms with Gasteiger partial charge >= 0.3 is 0 Å². The third-order valence-corrected chi connectivity index (χ3v) is 3.24. The third kappa shape index (κ3) is 2.88. The molecular weight excluding hydrogens is 230 g/mol. The quantitative estimate of drug-likeness (QED) is 0.890. The Hall–Kier alpha value is -1.42. The van der Waals surface area contributed by atoms with Crippen molar-refractivity contribution in [1.29, 1.82) is 0 Å². The summed E-state index contributed by atoms with van der Waals surface area (Å²) < 4.78 is 16.8. The van der Waals surface area contributed by atoms with Crippen LogP contribution in [0.25, 0.3) is 0 Å². The molecule has 1 aliphatic rings. The average Bonchev–Trinajstić information content (AvgIpc) is 2.39. The van der Waals surface area contributed by atoms with E-state index >= 15 is 0 Å². The number of nitrogens with one attached hydrogen (secondary N) is 1. The van der Waals surface area contributed by atoms with Crippen molar-refractivity contribution in [3.05, 3.63) is 18.2 Å². The highest BCUT2D eigenvalue weighted by Gasteiger charge is 2.22. The Balaban J connectivity index is 2.16. The van der Waals surface area contributed by atoms with Crippen LogP contribution in [0.2, 0.25) is 0 Å². The molecule has 1 saturated heterocycles. The van der Waals surface area contributed by atoms with Crippen LogP contribution in [0.5, 0.6) is 17.2 Å². The normalized spacial score (nSPS) is 23.5. The van der Waals surface area contributed by atoms with E-state index in [0.29, 0.717) is 11.8 Å². The van der Waals surface area contributed by atoms with Crippen molar-refractivity contribution in [1.82, 2.24) is 5.32 Å². The fourth-order valence-electron chi connectivity index (χ4n) is 2.29. The van der Waals surface area contributed by atoms with Crippen LogP contribution in [0.15, 0.2) is 18.2 Å². The molecule has 1 N–H and O–H groups in total. The van der Waals surface area contributed by atoms with Crippen molar-refractivity contribution < 1.29 is 14.2 Å². The van der Waals surface area contributed by atoms with Crippen LogP contribution >= 0.6 is 0 Å². The van der Waals surface area contributed by atoms with Crippen molar-refractivity contribution in [3.63, 3.8) is 0 Å². The second-order valence-electron chi connectivity index (χ2n) is 4.61. The van der Waals surface area contributed by atoms with E-state index in [2.05, 4.69) is 12.2 Å². The first-order valence-electron chi connectivity index (χ1n) is 6.35. The molecule has 0 radical (unpaired) electrons. The predicted octanol–water partition coefficient (Wildman–Crippen LogP) is 2.22. The van der Waals surface area contributed by atoms with Gasteiger partial charge in [0.2, 0.25) is 5.75 Å². The molecule has 0 aromatic heterocycles. The van der Waals surface area contributed by atoms with Crippen molar-refractivity contribution in [2.24, 2.45) is 0 Å². The standard InChI is InChI=1S/C14H21NO3/c1-10-9-11(7-8-15-10)18-14-12(16-2)5-4-6-13(14)17-3/h4-6,10-11,15H,7-9H2,1-3H3. The number of benzene rings is 1. The smallest absolute Gasteiger partial charge is 0.203 e. The van der Waals surface area contributed by atoms with Gasteiger partial charge in [0.1, 0.15) is 6.10 Å². The Labute approximate surface area is 108 Å². The molecule has 18 heavy (non-hydrogen) atoms. The topological polar surface area (TPSA) is 39.7 Å². The molecule has 1 aromatic carbocycles. The van der Waals surface area contributed by atoms with E-state index in [-0.39, 0.29) is 6.10 Å². The second kappa shape index (κ2) is 5.96. The van der Waals surface area contributed by atoms with Gasteiger partial charge in [-0.05, 0) is 38.4 Å². The molecule has 1 heterocycles. The summed E-state index contributed by atoms with van der Waals surface area (Å²) in [5.74, 6) is 2.16. The fourth-order valence-corrected chi connectivity index (χ4v) is 2.29. The summed E-state index contributed by atoms with van der Waals surface area (Å²) in [6.07, 6.45) is 2.22. The number of ether oxygens (including phenoxy) is 3. The number of piperidine rings is 1. The second-order valence-corrected chi connectivity index (χ2v) is 4.61. The van der Waals surface area contributed by atoms with E-state index in [1.54, 1.807) is 14.2 Å². The Morgan fingerprint density at radius 1 is 1.17 bits per heavy atom. The molecule has 0 spiro atoms. The zero-order chi connectivity index (χ0) is 13.0. The van der Waals surface area contributed by atoms with Gasteiger partial charge in [-0.2, -0.15) is 0 Å². The monoisotopic (exact) mass is 251 g/mol. The highest BCUT2D eigenvalue weighted by atomic mass is 16.5. The van der Waals surface area contributed by atoms with Crippen LogP contribution in [0.4, 0.5) is 0 Å². The number of hydrogen-bond acceptors (Lipinski definition) is 4. The van der Waals surface area contributed by atoms with Gasteiger partial charge in [0.15, 0.2) is 11.5 Å². The maximum atomic E-state index is 6.08. The lowest BCUT2D eigenvalue weighted by Crippen LogP contribution is -2.40. The molecule has 0 amide bonds. The van der Waals surface area contributed by atoms with Crippen LogP contribution < -0.4 is 19.5 Å². The lowest BCUT2D eigenvalue weighted by atomic mass is 10.0. The summed E-state index contributed by atoms with van der Waals surface area (Å²) in [7, 11) is 3.29. The Kier molecular flexibility index (Phi) is 4.31. The average molecular weight is 251 g/mol. The molecule has 1 aromatic rings. The van der Waals surface area contributed by atoms with Crippen LogP contribution in [0, 0.1) is 0 Å². The highest BCUT2D eigenvalue weighted by molar-refractivity contribution is 5.51. The van der Waals surface area contributed by atoms with Gasteiger partial charge in [-0.3, -0.25) is 0 Å². The maximum absolute atomic E-state index is 6.08. The number of hydrogen-bond donors (Lipinski definition) is 1. The molecule has 2 unspecified atom stereocenters. The number of methoxy groups -OCH3 is 2. The van der Waals surface area contributed by atoms with Crippen LogP contribution in [-0.2, 0) is 0 Å². The van der Waals surface area contributed by atoms with E-state index in [1.807, 2.05) is 18.2 Å². The maximum Gasteiger partial charge on any atom is 0.203 e. The van der Waals surface area contributed by atoms with Crippen molar-refractivity contribution in [3.8, 4) is 17.2 Å². The molecule has 0 bridgehead atoms. The van der Waals surface area contributed by atoms with E-state index in [9.17, 15) is 0 Å². The molecule has 1 fully saturated rings. The summed E-state index contributed by atoms with van der Waals surface area (Å²) in [5, 5.41) is 3.41. The molecule has 2 rings (SSSR count). The van der Waals surface area contributed by atoms with E-state index in [4.69, 9.17) is 14.2 Å². The number of para-hydroxylation sites is 1. The Morgan fingerprint density at radius 2 is 1.83 bits per heavy atom. The van der Waals surface area contributed by atoms with Crippen LogP contribution in [-0.4, -0.2) is 32.9 Å². The van der Waals surface area contributed by atoms with Crippen molar-refractivity contribution in [2.75, 3.05) is 20.8 Å². The summed E-state index contributed by atoms with van der Waals surface area (Å²) in [6, 6.07) is 6.17. The van der Waals surface area contributed by atoms with E-state index in [0.717, 1.165) is 30.9 Å². The zero-order valence-corrected chi connectivity index (χ0v) is 11.2. The van der Waals surface area contributed by atoms with Gasteiger partial charge in [-0.15, -0.1) is 0 Å². The first-order chi connectivity index (χ1) is 8.74. The molecule has 1 aliphatic heterocycles. The van der Waals surface area contributed by atoms with Gasteiger partial charge in [0.25, 0.3) is 0 Å². The summed E-state index contributed by atoms with van der Waals surface area (Å²) in [6.45, 7) is 3.16. The van der Waals surface area contributed by atoms with Crippen LogP contribution in [0.3, 0.4) is 0 Å². The largest absolute Gasteiger partial charge is 0.493 e.